The summed E-state index contributed by atoms with van der Waals surface area (Å²) in [5.74, 6) is -0.713. The summed E-state index contributed by atoms with van der Waals surface area (Å²) in [5, 5.41) is 4.21. The number of carbonyl (C=O) groups is 1. The number of hydrogen-bond donors (Lipinski definition) is 0. The average Bonchev–Trinajstić information content (AvgIpc) is 2.75. The number of aromatic nitrogens is 2. The van der Waals surface area contributed by atoms with Crippen LogP contribution in [0, 0.1) is 13.8 Å². The van der Waals surface area contributed by atoms with E-state index >= 15 is 0 Å². The van der Waals surface area contributed by atoms with Gasteiger partial charge in [0.25, 0.3) is 0 Å². The molecule has 0 atom stereocenters. The Morgan fingerprint density at radius 1 is 1.29 bits per heavy atom. The van der Waals surface area contributed by atoms with E-state index in [9.17, 15) is 18.0 Å². The third kappa shape index (κ3) is 4.04. The van der Waals surface area contributed by atoms with Crippen molar-refractivity contribution in [1.82, 2.24) is 9.78 Å². The SMILES string of the molecule is Cc1nn(C)c(C)c1/C=C\C(=O)OCc1ccccc1C(F)(F)F. The number of rotatable bonds is 4. The van der Waals surface area contributed by atoms with Gasteiger partial charge in [0, 0.05) is 29.9 Å². The first kappa shape index (κ1) is 17.8. The molecule has 1 heterocycles. The van der Waals surface area contributed by atoms with Crippen LogP contribution in [0.4, 0.5) is 13.2 Å². The fourth-order valence-corrected chi connectivity index (χ4v) is 2.30. The van der Waals surface area contributed by atoms with Crippen LogP contribution < -0.4 is 0 Å². The minimum Gasteiger partial charge on any atom is -0.458 e. The Bertz CT molecular complexity index is 777. The fourth-order valence-electron chi connectivity index (χ4n) is 2.30. The Balaban J connectivity index is 2.06. The molecule has 0 amide bonds. The summed E-state index contributed by atoms with van der Waals surface area (Å²) in [6, 6.07) is 5.01. The van der Waals surface area contributed by atoms with Crippen molar-refractivity contribution in [3.63, 3.8) is 0 Å². The molecule has 0 fully saturated rings. The van der Waals surface area contributed by atoms with Gasteiger partial charge in [0.1, 0.15) is 6.61 Å². The molecule has 0 aliphatic rings. The van der Waals surface area contributed by atoms with E-state index in [-0.39, 0.29) is 5.56 Å². The van der Waals surface area contributed by atoms with Crippen LogP contribution in [0.25, 0.3) is 6.08 Å². The molecular formula is C17H17F3N2O2. The summed E-state index contributed by atoms with van der Waals surface area (Å²) in [7, 11) is 1.78. The van der Waals surface area contributed by atoms with Crippen LogP contribution in [0.5, 0.6) is 0 Å². The van der Waals surface area contributed by atoms with Crippen LogP contribution in [-0.2, 0) is 29.4 Å². The molecule has 128 valence electrons. The summed E-state index contributed by atoms with van der Waals surface area (Å²) in [6.45, 7) is 3.21. The van der Waals surface area contributed by atoms with E-state index in [1.807, 2.05) is 6.92 Å². The van der Waals surface area contributed by atoms with Crippen molar-refractivity contribution in [2.45, 2.75) is 26.6 Å². The van der Waals surface area contributed by atoms with Gasteiger partial charge in [0.05, 0.1) is 11.3 Å². The van der Waals surface area contributed by atoms with Gasteiger partial charge in [-0.1, -0.05) is 18.2 Å². The molecule has 2 aromatic rings. The number of carbonyl (C=O) groups excluding carboxylic acids is 1. The molecule has 0 unspecified atom stereocenters. The van der Waals surface area contributed by atoms with Gasteiger partial charge in [-0.15, -0.1) is 0 Å². The summed E-state index contributed by atoms with van der Waals surface area (Å²) in [6.07, 6.45) is -1.74. The van der Waals surface area contributed by atoms with E-state index in [4.69, 9.17) is 4.74 Å². The van der Waals surface area contributed by atoms with Crippen LogP contribution in [0.3, 0.4) is 0 Å². The quantitative estimate of drug-likeness (QED) is 0.629. The maximum absolute atomic E-state index is 12.9. The molecule has 0 saturated heterocycles. The van der Waals surface area contributed by atoms with Crippen molar-refractivity contribution in [3.05, 3.63) is 58.4 Å². The van der Waals surface area contributed by atoms with Gasteiger partial charge in [0.15, 0.2) is 0 Å². The smallest absolute Gasteiger partial charge is 0.416 e. The summed E-state index contributed by atoms with van der Waals surface area (Å²) in [4.78, 5) is 11.8. The van der Waals surface area contributed by atoms with Gasteiger partial charge in [-0.2, -0.15) is 18.3 Å². The van der Waals surface area contributed by atoms with Crippen molar-refractivity contribution < 1.29 is 22.7 Å². The first-order valence-electron chi connectivity index (χ1n) is 7.20. The normalized spacial score (nSPS) is 11.9. The summed E-state index contributed by atoms with van der Waals surface area (Å²) in [5.41, 5.74) is 1.52. The third-order valence-electron chi connectivity index (χ3n) is 3.64. The van der Waals surface area contributed by atoms with Crippen LogP contribution >= 0.6 is 0 Å². The van der Waals surface area contributed by atoms with Gasteiger partial charge in [-0.05, 0) is 26.0 Å². The van der Waals surface area contributed by atoms with Crippen LogP contribution in [0.1, 0.15) is 28.1 Å². The molecule has 1 aromatic carbocycles. The average molecular weight is 338 g/mol. The van der Waals surface area contributed by atoms with Crippen molar-refractivity contribution in [3.8, 4) is 0 Å². The van der Waals surface area contributed by atoms with E-state index in [1.54, 1.807) is 24.7 Å². The summed E-state index contributed by atoms with van der Waals surface area (Å²) >= 11 is 0. The second-order valence-electron chi connectivity index (χ2n) is 5.30. The monoisotopic (exact) mass is 338 g/mol. The highest BCUT2D eigenvalue weighted by Gasteiger charge is 2.33. The largest absolute Gasteiger partial charge is 0.458 e. The maximum atomic E-state index is 12.9. The Morgan fingerprint density at radius 3 is 2.54 bits per heavy atom. The first-order valence-corrected chi connectivity index (χ1v) is 7.20. The van der Waals surface area contributed by atoms with Crippen molar-refractivity contribution >= 4 is 12.0 Å². The van der Waals surface area contributed by atoms with Gasteiger partial charge < -0.3 is 4.74 Å². The molecule has 7 heteroatoms. The highest BCUT2D eigenvalue weighted by Crippen LogP contribution is 2.32. The molecule has 0 spiro atoms. The molecule has 0 N–H and O–H groups in total. The highest BCUT2D eigenvalue weighted by molar-refractivity contribution is 5.87. The lowest BCUT2D eigenvalue weighted by molar-refractivity contribution is -0.143. The maximum Gasteiger partial charge on any atom is 0.416 e. The van der Waals surface area contributed by atoms with Gasteiger partial charge in [-0.3, -0.25) is 4.68 Å². The zero-order valence-corrected chi connectivity index (χ0v) is 13.5. The zero-order valence-electron chi connectivity index (χ0n) is 13.5. The molecule has 24 heavy (non-hydrogen) atoms. The highest BCUT2D eigenvalue weighted by atomic mass is 19.4. The molecular weight excluding hydrogens is 321 g/mol. The second-order valence-corrected chi connectivity index (χ2v) is 5.30. The molecule has 0 saturated carbocycles. The van der Waals surface area contributed by atoms with E-state index < -0.39 is 24.3 Å². The fraction of sp³-hybridized carbons (Fsp3) is 0.294. The van der Waals surface area contributed by atoms with Crippen molar-refractivity contribution in [1.29, 1.82) is 0 Å². The van der Waals surface area contributed by atoms with Crippen LogP contribution in [0.2, 0.25) is 0 Å². The lowest BCUT2D eigenvalue weighted by Gasteiger charge is -2.12. The standard InChI is InChI=1S/C17H17F3N2O2/c1-11-14(12(2)22(3)21-11)8-9-16(23)24-10-13-6-4-5-7-15(13)17(18,19)20/h4-9H,10H2,1-3H3/b9-8-. The molecule has 4 nitrogen and oxygen atoms in total. The topological polar surface area (TPSA) is 44.1 Å². The lowest BCUT2D eigenvalue weighted by atomic mass is 10.1. The number of halogens is 3. The summed E-state index contributed by atoms with van der Waals surface area (Å²) < 4.78 is 45.2. The number of hydrogen-bond acceptors (Lipinski definition) is 3. The van der Waals surface area contributed by atoms with Crippen LogP contribution in [-0.4, -0.2) is 15.7 Å². The number of benzene rings is 1. The van der Waals surface area contributed by atoms with Crippen molar-refractivity contribution in [2.75, 3.05) is 0 Å². The Hall–Kier alpha value is -2.57. The van der Waals surface area contributed by atoms with E-state index in [1.165, 1.54) is 24.3 Å². The Labute approximate surface area is 137 Å². The number of alkyl halides is 3. The number of ether oxygens (including phenoxy) is 1. The number of nitrogens with zero attached hydrogens (tertiary/aromatic N) is 2. The predicted octanol–water partition coefficient (Wildman–Crippen LogP) is 3.81. The third-order valence-corrected chi connectivity index (χ3v) is 3.64. The number of esters is 1. The van der Waals surface area contributed by atoms with Gasteiger partial charge in [0.2, 0.25) is 0 Å². The lowest BCUT2D eigenvalue weighted by Crippen LogP contribution is -2.11. The molecule has 2 rings (SSSR count). The minimum atomic E-state index is -4.48. The first-order chi connectivity index (χ1) is 11.2. The van der Waals surface area contributed by atoms with Gasteiger partial charge in [-0.25, -0.2) is 4.79 Å². The Morgan fingerprint density at radius 2 is 1.96 bits per heavy atom. The number of aryl methyl sites for hydroxylation is 2. The molecule has 0 radical (unpaired) electrons. The Kier molecular flexibility index (Phi) is 5.11. The van der Waals surface area contributed by atoms with Gasteiger partial charge >= 0.3 is 12.1 Å². The van der Waals surface area contributed by atoms with Crippen LogP contribution in [0.15, 0.2) is 30.3 Å². The molecule has 0 aliphatic heterocycles. The zero-order chi connectivity index (χ0) is 17.9. The van der Waals surface area contributed by atoms with E-state index in [2.05, 4.69) is 5.10 Å². The molecule has 1 aromatic heterocycles. The van der Waals surface area contributed by atoms with E-state index in [0.717, 1.165) is 23.0 Å². The van der Waals surface area contributed by atoms with Crippen molar-refractivity contribution in [2.24, 2.45) is 7.05 Å². The molecule has 0 bridgehead atoms. The van der Waals surface area contributed by atoms with E-state index in [0.29, 0.717) is 0 Å². The predicted molar refractivity (Wildman–Crippen MR) is 83.0 cm³/mol. The molecule has 0 aliphatic carbocycles. The minimum absolute atomic E-state index is 0.0829. The second kappa shape index (κ2) is 6.90.